The smallest absolute Gasteiger partial charge is 0.251 e. The van der Waals surface area contributed by atoms with Gasteiger partial charge in [0.1, 0.15) is 11.8 Å². The van der Waals surface area contributed by atoms with Crippen molar-refractivity contribution in [1.82, 2.24) is 4.90 Å². The van der Waals surface area contributed by atoms with Gasteiger partial charge in [-0.2, -0.15) is 0 Å². The lowest BCUT2D eigenvalue weighted by Gasteiger charge is -2.38. The summed E-state index contributed by atoms with van der Waals surface area (Å²) in [5.74, 6) is -0.709. The SMILES string of the molecule is C=CCN(C(=O)[C@@H]1[C@@H]2CCC3(S2)C(C(=O)N(CC=C)c2c(C)cccc2C)N(CCCCCCO)C(=O)[C@H]13)c1ccc(OCC)cc1. The topological polar surface area (TPSA) is 90.4 Å². The molecule has 0 aliphatic carbocycles. The van der Waals surface area contributed by atoms with Crippen molar-refractivity contribution in [3.8, 4) is 5.75 Å². The summed E-state index contributed by atoms with van der Waals surface area (Å²) in [6.45, 7) is 15.6. The monoisotopic (exact) mass is 659 g/mol. The number of aryl methyl sites for hydroxylation is 2. The summed E-state index contributed by atoms with van der Waals surface area (Å²) in [7, 11) is 0. The third-order valence-electron chi connectivity index (χ3n) is 9.95. The minimum Gasteiger partial charge on any atom is -0.494 e. The van der Waals surface area contributed by atoms with E-state index in [4.69, 9.17) is 4.74 Å². The lowest BCUT2D eigenvalue weighted by Crippen LogP contribution is -2.55. The Labute approximate surface area is 283 Å². The highest BCUT2D eigenvalue weighted by Crippen LogP contribution is 2.67. The number of benzene rings is 2. The zero-order valence-electron chi connectivity index (χ0n) is 28.0. The van der Waals surface area contributed by atoms with Crippen LogP contribution in [0.2, 0.25) is 0 Å². The van der Waals surface area contributed by atoms with Crippen LogP contribution in [0.1, 0.15) is 56.6 Å². The number of hydrogen-bond acceptors (Lipinski definition) is 6. The van der Waals surface area contributed by atoms with Crippen LogP contribution >= 0.6 is 11.8 Å². The average molecular weight is 660 g/mol. The Morgan fingerprint density at radius 2 is 1.66 bits per heavy atom. The van der Waals surface area contributed by atoms with Crippen LogP contribution in [-0.4, -0.2) is 76.6 Å². The molecule has 1 N–H and O–H groups in total. The maximum absolute atomic E-state index is 15.0. The number of nitrogens with zero attached hydrogens (tertiary/aromatic N) is 3. The molecule has 0 aromatic heterocycles. The van der Waals surface area contributed by atoms with Gasteiger partial charge in [-0.25, -0.2) is 0 Å². The van der Waals surface area contributed by atoms with Gasteiger partial charge < -0.3 is 24.5 Å². The molecule has 0 saturated carbocycles. The van der Waals surface area contributed by atoms with E-state index in [0.717, 1.165) is 53.9 Å². The van der Waals surface area contributed by atoms with Gasteiger partial charge in [0.05, 0.1) is 23.2 Å². The molecular weight excluding hydrogens is 611 g/mol. The second-order valence-corrected chi connectivity index (χ2v) is 14.5. The number of amides is 3. The van der Waals surface area contributed by atoms with Crippen molar-refractivity contribution < 1.29 is 24.2 Å². The van der Waals surface area contributed by atoms with Crippen molar-refractivity contribution in [3.05, 3.63) is 78.9 Å². The number of aliphatic hydroxyl groups excluding tert-OH is 1. The van der Waals surface area contributed by atoms with Crippen LogP contribution in [-0.2, 0) is 14.4 Å². The molecule has 2 aromatic rings. The maximum atomic E-state index is 15.0. The third-order valence-corrected chi connectivity index (χ3v) is 11.9. The highest BCUT2D eigenvalue weighted by molar-refractivity contribution is 8.02. The molecule has 252 valence electrons. The van der Waals surface area contributed by atoms with Crippen molar-refractivity contribution >= 4 is 40.9 Å². The van der Waals surface area contributed by atoms with Crippen LogP contribution in [0.3, 0.4) is 0 Å². The summed E-state index contributed by atoms with van der Waals surface area (Å²) < 4.78 is 4.93. The molecule has 0 radical (unpaired) electrons. The number of anilines is 2. The summed E-state index contributed by atoms with van der Waals surface area (Å²) in [4.78, 5) is 49.6. The first-order chi connectivity index (χ1) is 22.7. The van der Waals surface area contributed by atoms with Gasteiger partial charge in [0, 0.05) is 42.9 Å². The Morgan fingerprint density at radius 1 is 1.00 bits per heavy atom. The number of fused-ring (bicyclic) bond motifs is 1. The number of unbranched alkanes of at least 4 members (excludes halogenated alkanes) is 3. The summed E-state index contributed by atoms with van der Waals surface area (Å²) >= 11 is 1.69. The summed E-state index contributed by atoms with van der Waals surface area (Å²) in [5.41, 5.74) is 3.55. The maximum Gasteiger partial charge on any atom is 0.251 e. The van der Waals surface area contributed by atoms with Crippen LogP contribution in [0.5, 0.6) is 5.75 Å². The lowest BCUT2D eigenvalue weighted by molar-refractivity contribution is -0.139. The van der Waals surface area contributed by atoms with E-state index in [-0.39, 0.29) is 29.6 Å². The van der Waals surface area contributed by atoms with E-state index in [9.17, 15) is 19.5 Å². The van der Waals surface area contributed by atoms with Gasteiger partial charge in [0.25, 0.3) is 5.91 Å². The Bertz CT molecular complexity index is 1460. The molecule has 8 nitrogen and oxygen atoms in total. The molecule has 3 saturated heterocycles. The van der Waals surface area contributed by atoms with E-state index in [1.807, 2.05) is 63.2 Å². The number of aliphatic hydroxyl groups is 1. The predicted molar refractivity (Wildman–Crippen MR) is 190 cm³/mol. The van der Waals surface area contributed by atoms with Crippen molar-refractivity contribution in [2.45, 2.75) is 75.3 Å². The van der Waals surface area contributed by atoms with Crippen molar-refractivity contribution in [3.63, 3.8) is 0 Å². The number of likely N-dealkylation sites (tertiary alicyclic amines) is 1. The molecule has 3 aliphatic heterocycles. The summed E-state index contributed by atoms with van der Waals surface area (Å²) in [5, 5.41) is 9.23. The Balaban J connectivity index is 1.53. The van der Waals surface area contributed by atoms with Crippen molar-refractivity contribution in [2.24, 2.45) is 11.8 Å². The van der Waals surface area contributed by atoms with Gasteiger partial charge >= 0.3 is 0 Å². The van der Waals surface area contributed by atoms with Crippen molar-refractivity contribution in [2.75, 3.05) is 42.6 Å². The fraction of sp³-hybridized carbons (Fsp3) is 0.500. The first-order valence-corrected chi connectivity index (χ1v) is 17.8. The number of hydrogen-bond donors (Lipinski definition) is 1. The number of ether oxygens (including phenoxy) is 1. The average Bonchev–Trinajstić information content (AvgIpc) is 3.70. The lowest BCUT2D eigenvalue weighted by atomic mass is 9.70. The van der Waals surface area contributed by atoms with Crippen LogP contribution in [0.15, 0.2) is 67.8 Å². The fourth-order valence-electron chi connectivity index (χ4n) is 8.02. The number of rotatable bonds is 16. The van der Waals surface area contributed by atoms with Gasteiger partial charge in [0.15, 0.2) is 0 Å². The van der Waals surface area contributed by atoms with E-state index in [0.29, 0.717) is 39.1 Å². The minimum atomic E-state index is -0.695. The summed E-state index contributed by atoms with van der Waals surface area (Å²) in [6.07, 6.45) is 8.07. The second-order valence-electron chi connectivity index (χ2n) is 12.9. The van der Waals surface area contributed by atoms with Gasteiger partial charge in [-0.15, -0.1) is 24.9 Å². The highest BCUT2D eigenvalue weighted by atomic mass is 32.2. The molecule has 9 heteroatoms. The van der Waals surface area contributed by atoms with Gasteiger partial charge in [-0.1, -0.05) is 43.2 Å². The molecule has 1 spiro atoms. The standard InChI is InChI=1S/C38H49N3O5S/c1-6-22-39(28-16-18-29(19-17-28)46-8-3)35(43)31-30-20-21-38(47-30)32(31)36(44)41(24-11-9-10-12-25-42)34(38)37(45)40(23-7-2)33-26(4)14-13-15-27(33)5/h6-7,13-19,30-32,34,42H,1-2,8-12,20-25H2,3-5H3/t30-,31+,32-,34?,38?/m0/s1. The molecular formula is C38H49N3O5S. The number of carbonyl (C=O) groups excluding carboxylic acids is 3. The second kappa shape index (κ2) is 15.1. The van der Waals surface area contributed by atoms with Gasteiger partial charge in [0.2, 0.25) is 11.8 Å². The van der Waals surface area contributed by atoms with Crippen LogP contribution in [0, 0.1) is 25.7 Å². The fourth-order valence-corrected chi connectivity index (χ4v) is 10.2. The molecule has 3 heterocycles. The first kappa shape index (κ1) is 34.8. The van der Waals surface area contributed by atoms with Crippen LogP contribution < -0.4 is 14.5 Å². The Hall–Kier alpha value is -3.56. The normalized spacial score (nSPS) is 24.3. The van der Waals surface area contributed by atoms with Crippen LogP contribution in [0.4, 0.5) is 11.4 Å². The minimum absolute atomic E-state index is 0.0541. The summed E-state index contributed by atoms with van der Waals surface area (Å²) in [6, 6.07) is 12.8. The molecule has 2 bridgehead atoms. The van der Waals surface area contributed by atoms with Gasteiger partial charge in [-0.05, 0) is 81.8 Å². The molecule has 47 heavy (non-hydrogen) atoms. The number of thioether (sulfide) groups is 1. The molecule has 2 unspecified atom stereocenters. The molecule has 3 amide bonds. The zero-order valence-corrected chi connectivity index (χ0v) is 28.8. The predicted octanol–water partition coefficient (Wildman–Crippen LogP) is 6.08. The largest absolute Gasteiger partial charge is 0.494 e. The van der Waals surface area contributed by atoms with E-state index < -0.39 is 22.6 Å². The molecule has 5 rings (SSSR count). The molecule has 5 atom stereocenters. The zero-order chi connectivity index (χ0) is 33.7. The van der Waals surface area contributed by atoms with Gasteiger partial charge in [-0.3, -0.25) is 14.4 Å². The molecule has 2 aromatic carbocycles. The molecule has 3 fully saturated rings. The van der Waals surface area contributed by atoms with E-state index >= 15 is 0 Å². The Morgan fingerprint density at radius 3 is 2.30 bits per heavy atom. The van der Waals surface area contributed by atoms with E-state index in [1.54, 1.807) is 38.6 Å². The Kier molecular flexibility index (Phi) is 11.2. The third kappa shape index (κ3) is 6.49. The first-order valence-electron chi connectivity index (χ1n) is 17.0. The van der Waals surface area contributed by atoms with Crippen molar-refractivity contribution in [1.29, 1.82) is 0 Å². The van der Waals surface area contributed by atoms with E-state index in [2.05, 4.69) is 13.2 Å². The molecule has 3 aliphatic rings. The number of para-hydroxylation sites is 1. The van der Waals surface area contributed by atoms with E-state index in [1.165, 1.54) is 0 Å². The highest BCUT2D eigenvalue weighted by Gasteiger charge is 2.74. The number of carbonyl (C=O) groups is 3. The van der Waals surface area contributed by atoms with Crippen LogP contribution in [0.25, 0.3) is 0 Å². The quantitative estimate of drug-likeness (QED) is 0.174.